The first-order valence-electron chi connectivity index (χ1n) is 6.02. The maximum atomic E-state index is 13.7. The van der Waals surface area contributed by atoms with Crippen LogP contribution < -0.4 is 0 Å². The summed E-state index contributed by atoms with van der Waals surface area (Å²) in [6.07, 6.45) is 0. The molecular formula is C16H15FO2. The average molecular weight is 258 g/mol. The molecule has 2 aromatic carbocycles. The largest absolute Gasteiger partial charge is 0.478 e. The van der Waals surface area contributed by atoms with E-state index < -0.39 is 11.8 Å². The van der Waals surface area contributed by atoms with Crippen molar-refractivity contribution in [3.8, 4) is 11.1 Å². The Kier molecular flexibility index (Phi) is 3.38. The van der Waals surface area contributed by atoms with Crippen LogP contribution in [0.4, 0.5) is 4.39 Å². The van der Waals surface area contributed by atoms with Gasteiger partial charge in [-0.3, -0.25) is 0 Å². The number of carboxylic acid groups (broad SMARTS) is 1. The molecule has 0 atom stereocenters. The van der Waals surface area contributed by atoms with Crippen molar-refractivity contribution in [2.75, 3.05) is 0 Å². The molecule has 0 saturated heterocycles. The summed E-state index contributed by atoms with van der Waals surface area (Å²) >= 11 is 0. The molecule has 0 amide bonds. The van der Waals surface area contributed by atoms with Crippen molar-refractivity contribution in [2.24, 2.45) is 0 Å². The molecule has 2 rings (SSSR count). The Morgan fingerprint density at radius 3 is 2.21 bits per heavy atom. The van der Waals surface area contributed by atoms with Gasteiger partial charge in [-0.05, 0) is 49.1 Å². The highest BCUT2D eigenvalue weighted by molar-refractivity contribution is 5.97. The number of hydrogen-bond donors (Lipinski definition) is 1. The number of halogens is 1. The molecule has 98 valence electrons. The fourth-order valence-corrected chi connectivity index (χ4v) is 2.55. The van der Waals surface area contributed by atoms with E-state index in [-0.39, 0.29) is 5.56 Å². The molecule has 3 heteroatoms. The Bertz CT molecular complexity index is 637. The fraction of sp³-hybridized carbons (Fsp3) is 0.188. The third kappa shape index (κ3) is 2.36. The highest BCUT2D eigenvalue weighted by Gasteiger charge is 2.19. The van der Waals surface area contributed by atoms with Gasteiger partial charge in [-0.15, -0.1) is 0 Å². The summed E-state index contributed by atoms with van der Waals surface area (Å²) in [6, 6.07) is 8.30. The van der Waals surface area contributed by atoms with E-state index in [0.717, 1.165) is 22.3 Å². The first-order chi connectivity index (χ1) is 8.91. The average Bonchev–Trinajstić information content (AvgIpc) is 2.26. The molecular weight excluding hydrogens is 243 g/mol. The minimum atomic E-state index is -1.24. The van der Waals surface area contributed by atoms with Crippen LogP contribution >= 0.6 is 0 Å². The van der Waals surface area contributed by atoms with Crippen molar-refractivity contribution in [1.82, 2.24) is 0 Å². The van der Waals surface area contributed by atoms with Gasteiger partial charge in [0.15, 0.2) is 0 Å². The lowest BCUT2D eigenvalue weighted by Gasteiger charge is -2.14. The zero-order valence-corrected chi connectivity index (χ0v) is 11.1. The zero-order valence-electron chi connectivity index (χ0n) is 11.1. The second-order valence-corrected chi connectivity index (χ2v) is 4.74. The molecule has 1 N–H and O–H groups in total. The van der Waals surface area contributed by atoms with Crippen LogP contribution in [0.2, 0.25) is 0 Å². The van der Waals surface area contributed by atoms with E-state index in [2.05, 4.69) is 0 Å². The van der Waals surface area contributed by atoms with Crippen molar-refractivity contribution < 1.29 is 14.3 Å². The molecule has 0 heterocycles. The Morgan fingerprint density at radius 1 is 1.11 bits per heavy atom. The van der Waals surface area contributed by atoms with Gasteiger partial charge < -0.3 is 5.11 Å². The number of carboxylic acids is 1. The zero-order chi connectivity index (χ0) is 14.2. The number of hydrogen-bond acceptors (Lipinski definition) is 1. The van der Waals surface area contributed by atoms with E-state index in [9.17, 15) is 14.3 Å². The maximum absolute atomic E-state index is 13.7. The van der Waals surface area contributed by atoms with E-state index in [4.69, 9.17) is 0 Å². The van der Waals surface area contributed by atoms with Crippen LogP contribution in [-0.2, 0) is 0 Å². The van der Waals surface area contributed by atoms with Crippen LogP contribution in [-0.4, -0.2) is 11.1 Å². The minimum Gasteiger partial charge on any atom is -0.478 e. The molecule has 0 saturated carbocycles. The smallest absolute Gasteiger partial charge is 0.339 e. The van der Waals surface area contributed by atoms with Gasteiger partial charge in [0, 0.05) is 0 Å². The van der Waals surface area contributed by atoms with Gasteiger partial charge in [-0.1, -0.05) is 29.8 Å². The second-order valence-electron chi connectivity index (χ2n) is 4.74. The van der Waals surface area contributed by atoms with Crippen molar-refractivity contribution in [3.63, 3.8) is 0 Å². The SMILES string of the molecule is Cc1cc(C)c(-c2cccc(F)c2C(=O)O)c(C)c1. The first kappa shape index (κ1) is 13.3. The predicted molar refractivity (Wildman–Crippen MR) is 73.0 cm³/mol. The summed E-state index contributed by atoms with van der Waals surface area (Å²) in [7, 11) is 0. The molecule has 19 heavy (non-hydrogen) atoms. The first-order valence-corrected chi connectivity index (χ1v) is 6.02. The Morgan fingerprint density at radius 2 is 1.68 bits per heavy atom. The van der Waals surface area contributed by atoms with Crippen molar-refractivity contribution in [2.45, 2.75) is 20.8 Å². The summed E-state index contributed by atoms with van der Waals surface area (Å²) in [4.78, 5) is 11.3. The lowest BCUT2D eigenvalue weighted by Crippen LogP contribution is -2.05. The quantitative estimate of drug-likeness (QED) is 0.879. The van der Waals surface area contributed by atoms with E-state index in [1.54, 1.807) is 6.07 Å². The molecule has 0 unspecified atom stereocenters. The molecule has 0 bridgehead atoms. The van der Waals surface area contributed by atoms with E-state index >= 15 is 0 Å². The van der Waals surface area contributed by atoms with Gasteiger partial charge in [-0.25, -0.2) is 9.18 Å². The van der Waals surface area contributed by atoms with Crippen molar-refractivity contribution in [1.29, 1.82) is 0 Å². The Balaban J connectivity index is 2.80. The van der Waals surface area contributed by atoms with Crippen LogP contribution in [0.5, 0.6) is 0 Å². The molecule has 2 aromatic rings. The molecule has 0 fully saturated rings. The van der Waals surface area contributed by atoms with E-state index in [0.29, 0.717) is 5.56 Å². The molecule has 0 spiro atoms. The van der Waals surface area contributed by atoms with Crippen molar-refractivity contribution >= 4 is 5.97 Å². The summed E-state index contributed by atoms with van der Waals surface area (Å²) < 4.78 is 13.7. The Hall–Kier alpha value is -2.16. The van der Waals surface area contributed by atoms with Crippen molar-refractivity contribution in [3.05, 3.63) is 58.4 Å². The third-order valence-electron chi connectivity index (χ3n) is 3.17. The normalized spacial score (nSPS) is 10.5. The van der Waals surface area contributed by atoms with Gasteiger partial charge in [0.05, 0.1) is 0 Å². The number of rotatable bonds is 2. The number of carbonyl (C=O) groups is 1. The summed E-state index contributed by atoms with van der Waals surface area (Å²) in [6.45, 7) is 5.80. The van der Waals surface area contributed by atoms with Gasteiger partial charge >= 0.3 is 5.97 Å². The van der Waals surface area contributed by atoms with Crippen LogP contribution in [0.3, 0.4) is 0 Å². The summed E-state index contributed by atoms with van der Waals surface area (Å²) in [5, 5.41) is 9.20. The number of benzene rings is 2. The van der Waals surface area contributed by atoms with Gasteiger partial charge in [0.1, 0.15) is 11.4 Å². The molecule has 0 aromatic heterocycles. The fourth-order valence-electron chi connectivity index (χ4n) is 2.55. The molecule has 0 aliphatic heterocycles. The second kappa shape index (κ2) is 4.84. The van der Waals surface area contributed by atoms with Crippen LogP contribution in [0.1, 0.15) is 27.0 Å². The highest BCUT2D eigenvalue weighted by atomic mass is 19.1. The van der Waals surface area contributed by atoms with E-state index in [1.165, 1.54) is 12.1 Å². The van der Waals surface area contributed by atoms with E-state index in [1.807, 2.05) is 32.9 Å². The molecule has 0 aliphatic carbocycles. The van der Waals surface area contributed by atoms with Gasteiger partial charge in [0.2, 0.25) is 0 Å². The summed E-state index contributed by atoms with van der Waals surface area (Å²) in [5.41, 5.74) is 3.96. The predicted octanol–water partition coefficient (Wildman–Crippen LogP) is 4.12. The standard InChI is InChI=1S/C16H15FO2/c1-9-7-10(2)14(11(3)8-9)12-5-4-6-13(17)15(12)16(18)19/h4-8H,1-3H3,(H,18,19). The van der Waals surface area contributed by atoms with Gasteiger partial charge in [0.25, 0.3) is 0 Å². The lowest BCUT2D eigenvalue weighted by atomic mass is 9.90. The topological polar surface area (TPSA) is 37.3 Å². The highest BCUT2D eigenvalue weighted by Crippen LogP contribution is 2.32. The van der Waals surface area contributed by atoms with Gasteiger partial charge in [-0.2, -0.15) is 0 Å². The molecule has 0 radical (unpaired) electrons. The lowest BCUT2D eigenvalue weighted by molar-refractivity contribution is 0.0693. The van der Waals surface area contributed by atoms with Crippen LogP contribution in [0.15, 0.2) is 30.3 Å². The van der Waals surface area contributed by atoms with Crippen LogP contribution in [0, 0.1) is 26.6 Å². The molecule has 0 aliphatic rings. The number of aryl methyl sites for hydroxylation is 3. The van der Waals surface area contributed by atoms with Crippen LogP contribution in [0.25, 0.3) is 11.1 Å². The third-order valence-corrected chi connectivity index (χ3v) is 3.17. The summed E-state index contributed by atoms with van der Waals surface area (Å²) in [5.74, 6) is -1.95. The maximum Gasteiger partial charge on any atom is 0.339 e. The molecule has 2 nitrogen and oxygen atoms in total. The number of aromatic carboxylic acids is 1. The minimum absolute atomic E-state index is 0.266. The monoisotopic (exact) mass is 258 g/mol. The Labute approximate surface area is 111 Å².